The standard InChI is InChI=1S/C12H13BrF2O2/c1-3-17-8-4-5-9(11(16)7(2)13)10(6-8)12(14)15/h4-7,12H,3H2,1-2H3. The quantitative estimate of drug-likeness (QED) is 0.607. The Morgan fingerprint density at radius 1 is 1.47 bits per heavy atom. The minimum absolute atomic E-state index is 0.0350. The molecule has 0 N–H and O–H groups in total. The van der Waals surface area contributed by atoms with E-state index in [1.807, 2.05) is 0 Å². The van der Waals surface area contributed by atoms with Crippen molar-refractivity contribution in [1.82, 2.24) is 0 Å². The Bertz CT molecular complexity index is 405. The number of Topliss-reactive ketones (excluding diaryl/α,β-unsaturated/α-hetero) is 1. The molecule has 0 amide bonds. The second kappa shape index (κ2) is 6.10. The Kier molecular flexibility index (Phi) is 5.05. The summed E-state index contributed by atoms with van der Waals surface area (Å²) in [5.74, 6) is -0.00933. The molecule has 0 saturated heterocycles. The SMILES string of the molecule is CCOc1ccc(C(=O)C(C)Br)c(C(F)F)c1. The molecule has 17 heavy (non-hydrogen) atoms. The highest BCUT2D eigenvalue weighted by molar-refractivity contribution is 9.10. The molecule has 1 aromatic carbocycles. The molecule has 0 heterocycles. The second-order valence-electron chi connectivity index (χ2n) is 3.46. The Hall–Kier alpha value is -0.970. The number of hydrogen-bond acceptors (Lipinski definition) is 2. The molecule has 0 spiro atoms. The van der Waals surface area contributed by atoms with Gasteiger partial charge in [0.15, 0.2) is 5.78 Å². The van der Waals surface area contributed by atoms with Crippen molar-refractivity contribution < 1.29 is 18.3 Å². The van der Waals surface area contributed by atoms with Gasteiger partial charge in [-0.2, -0.15) is 0 Å². The third kappa shape index (κ3) is 3.49. The predicted molar refractivity (Wildman–Crippen MR) is 65.3 cm³/mol. The number of halogens is 3. The number of hydrogen-bond donors (Lipinski definition) is 0. The van der Waals surface area contributed by atoms with Crippen LogP contribution in [0.5, 0.6) is 5.75 Å². The largest absolute Gasteiger partial charge is 0.494 e. The maximum absolute atomic E-state index is 12.8. The van der Waals surface area contributed by atoms with Crippen LogP contribution in [-0.2, 0) is 0 Å². The van der Waals surface area contributed by atoms with Gasteiger partial charge < -0.3 is 4.74 Å². The fourth-order valence-corrected chi connectivity index (χ4v) is 1.66. The Morgan fingerprint density at radius 3 is 2.59 bits per heavy atom. The lowest BCUT2D eigenvalue weighted by Crippen LogP contribution is -2.13. The Morgan fingerprint density at radius 2 is 2.12 bits per heavy atom. The first-order valence-electron chi connectivity index (χ1n) is 5.20. The molecule has 1 rings (SSSR count). The average molecular weight is 307 g/mol. The van der Waals surface area contributed by atoms with Crippen LogP contribution in [0.1, 0.15) is 36.2 Å². The lowest BCUT2D eigenvalue weighted by molar-refractivity contribution is 0.0981. The van der Waals surface area contributed by atoms with Gasteiger partial charge >= 0.3 is 0 Å². The van der Waals surface area contributed by atoms with Crippen LogP contribution in [-0.4, -0.2) is 17.2 Å². The summed E-state index contributed by atoms with van der Waals surface area (Å²) >= 11 is 3.08. The van der Waals surface area contributed by atoms with Gasteiger partial charge in [-0.25, -0.2) is 8.78 Å². The molecule has 0 aliphatic rings. The van der Waals surface area contributed by atoms with Crippen LogP contribution in [0.15, 0.2) is 18.2 Å². The van der Waals surface area contributed by atoms with Crippen molar-refractivity contribution in [2.24, 2.45) is 0 Å². The van der Waals surface area contributed by atoms with Gasteiger partial charge in [0.2, 0.25) is 0 Å². The summed E-state index contributed by atoms with van der Waals surface area (Å²) in [4.78, 5) is 11.2. The smallest absolute Gasteiger partial charge is 0.264 e. The summed E-state index contributed by atoms with van der Waals surface area (Å²) in [5, 5.41) is 0. The zero-order chi connectivity index (χ0) is 13.0. The normalized spacial score (nSPS) is 12.6. The van der Waals surface area contributed by atoms with E-state index in [9.17, 15) is 13.6 Å². The van der Waals surface area contributed by atoms with Gasteiger partial charge in [0.1, 0.15) is 5.75 Å². The van der Waals surface area contributed by atoms with Gasteiger partial charge in [0.25, 0.3) is 6.43 Å². The number of carbonyl (C=O) groups excluding carboxylic acids is 1. The first-order chi connectivity index (χ1) is 7.97. The monoisotopic (exact) mass is 306 g/mol. The van der Waals surface area contributed by atoms with E-state index >= 15 is 0 Å². The second-order valence-corrected chi connectivity index (χ2v) is 4.84. The van der Waals surface area contributed by atoms with Gasteiger partial charge in [0.05, 0.1) is 11.4 Å². The molecule has 0 radical (unpaired) electrons. The summed E-state index contributed by atoms with van der Waals surface area (Å²) in [5.41, 5.74) is -0.250. The molecule has 1 unspecified atom stereocenters. The molecule has 5 heteroatoms. The Balaban J connectivity index is 3.17. The maximum atomic E-state index is 12.8. The van der Waals surface area contributed by atoms with E-state index in [0.29, 0.717) is 12.4 Å². The van der Waals surface area contributed by atoms with Gasteiger partial charge in [-0.1, -0.05) is 15.9 Å². The molecule has 0 aliphatic carbocycles. The minimum atomic E-state index is -2.69. The van der Waals surface area contributed by atoms with Gasteiger partial charge in [-0.15, -0.1) is 0 Å². The number of ketones is 1. The molecular weight excluding hydrogens is 294 g/mol. The highest BCUT2D eigenvalue weighted by Gasteiger charge is 2.21. The van der Waals surface area contributed by atoms with Crippen molar-refractivity contribution in [3.63, 3.8) is 0 Å². The number of rotatable bonds is 5. The van der Waals surface area contributed by atoms with Crippen molar-refractivity contribution in [2.75, 3.05) is 6.61 Å². The van der Waals surface area contributed by atoms with Crippen LogP contribution < -0.4 is 4.74 Å². The lowest BCUT2D eigenvalue weighted by Gasteiger charge is -2.11. The minimum Gasteiger partial charge on any atom is -0.494 e. The van der Waals surface area contributed by atoms with Gasteiger partial charge in [0, 0.05) is 11.1 Å². The number of alkyl halides is 3. The van der Waals surface area contributed by atoms with Crippen molar-refractivity contribution in [2.45, 2.75) is 25.1 Å². The summed E-state index contributed by atoms with van der Waals surface area (Å²) in [6.45, 7) is 3.76. The van der Waals surface area contributed by atoms with Crippen LogP contribution in [0, 0.1) is 0 Å². The summed E-state index contributed by atoms with van der Waals surface area (Å²) in [7, 11) is 0. The molecule has 0 fully saturated rings. The van der Waals surface area contributed by atoms with Crippen LogP contribution in [0.3, 0.4) is 0 Å². The van der Waals surface area contributed by atoms with Crippen molar-refractivity contribution in [1.29, 1.82) is 0 Å². The Labute approximate surface area is 107 Å². The number of benzene rings is 1. The van der Waals surface area contributed by atoms with E-state index in [2.05, 4.69) is 15.9 Å². The summed E-state index contributed by atoms with van der Waals surface area (Å²) in [6, 6.07) is 4.13. The first kappa shape index (κ1) is 14.1. The lowest BCUT2D eigenvalue weighted by atomic mass is 10.0. The highest BCUT2D eigenvalue weighted by atomic mass is 79.9. The third-order valence-electron chi connectivity index (χ3n) is 2.20. The topological polar surface area (TPSA) is 26.3 Å². The number of ether oxygens (including phenoxy) is 1. The van der Waals surface area contributed by atoms with E-state index < -0.39 is 11.3 Å². The molecule has 0 aromatic heterocycles. The van der Waals surface area contributed by atoms with E-state index in [1.165, 1.54) is 18.2 Å². The van der Waals surface area contributed by atoms with E-state index in [-0.39, 0.29) is 16.9 Å². The molecular formula is C12H13BrF2O2. The molecule has 1 aromatic rings. The molecule has 0 bridgehead atoms. The zero-order valence-corrected chi connectivity index (χ0v) is 11.1. The average Bonchev–Trinajstić information content (AvgIpc) is 2.28. The third-order valence-corrected chi connectivity index (χ3v) is 2.61. The molecule has 0 aliphatic heterocycles. The van der Waals surface area contributed by atoms with Gasteiger partial charge in [-0.05, 0) is 32.0 Å². The van der Waals surface area contributed by atoms with Crippen LogP contribution in [0.2, 0.25) is 0 Å². The molecule has 1 atom stereocenters. The van der Waals surface area contributed by atoms with E-state index in [4.69, 9.17) is 4.74 Å². The van der Waals surface area contributed by atoms with E-state index in [0.717, 1.165) is 0 Å². The summed E-state index contributed by atoms with van der Waals surface area (Å²) < 4.78 is 30.8. The maximum Gasteiger partial charge on any atom is 0.264 e. The molecule has 2 nitrogen and oxygen atoms in total. The van der Waals surface area contributed by atoms with Crippen LogP contribution in [0.4, 0.5) is 8.78 Å². The van der Waals surface area contributed by atoms with Crippen LogP contribution in [0.25, 0.3) is 0 Å². The molecule has 94 valence electrons. The van der Waals surface area contributed by atoms with Crippen molar-refractivity contribution in [3.05, 3.63) is 29.3 Å². The van der Waals surface area contributed by atoms with Gasteiger partial charge in [-0.3, -0.25) is 4.79 Å². The zero-order valence-electron chi connectivity index (χ0n) is 9.54. The van der Waals surface area contributed by atoms with Crippen LogP contribution >= 0.6 is 15.9 Å². The predicted octanol–water partition coefficient (Wildman–Crippen LogP) is 3.99. The molecule has 0 saturated carbocycles. The highest BCUT2D eigenvalue weighted by Crippen LogP contribution is 2.28. The summed E-state index contributed by atoms with van der Waals surface area (Å²) in [6.07, 6.45) is -2.69. The van der Waals surface area contributed by atoms with E-state index in [1.54, 1.807) is 13.8 Å². The van der Waals surface area contributed by atoms with Crippen molar-refractivity contribution >= 4 is 21.7 Å². The first-order valence-corrected chi connectivity index (χ1v) is 6.12. The fourth-order valence-electron chi connectivity index (χ4n) is 1.42. The van der Waals surface area contributed by atoms with Crippen molar-refractivity contribution in [3.8, 4) is 5.75 Å². The fraction of sp³-hybridized carbons (Fsp3) is 0.417. The number of carbonyl (C=O) groups is 1.